The average Bonchev–Trinajstić information content (AvgIpc) is 3.36. The lowest BCUT2D eigenvalue weighted by Gasteiger charge is -2.30. The monoisotopic (exact) mass is 1060 g/mol. The van der Waals surface area contributed by atoms with E-state index in [1.54, 1.807) is 37.4 Å². The predicted octanol–water partition coefficient (Wildman–Crippen LogP) is 2.25. The topological polar surface area (TPSA) is 266 Å². The molecule has 1 fully saturated rings. The molecule has 2 aromatic rings. The first-order valence-electron chi connectivity index (χ1n) is 25.9. The van der Waals surface area contributed by atoms with Crippen molar-refractivity contribution in [2.24, 2.45) is 11.8 Å². The lowest BCUT2D eigenvalue weighted by molar-refractivity contribution is -0.143. The Morgan fingerprint density at radius 1 is 0.689 bits per heavy atom. The number of unbranched alkanes of at least 4 members (excludes halogenated alkanes) is 2. The second-order valence-corrected chi connectivity index (χ2v) is 21.5. The van der Waals surface area contributed by atoms with Crippen LogP contribution in [0.15, 0.2) is 60.7 Å². The molecular formula is C53H84N6O14S. The van der Waals surface area contributed by atoms with Gasteiger partial charge in [-0.25, -0.2) is 0 Å². The Bertz CT molecular complexity index is 2090. The Labute approximate surface area is 438 Å². The zero-order valence-corrected chi connectivity index (χ0v) is 45.2. The summed E-state index contributed by atoms with van der Waals surface area (Å²) in [5.74, 6) is -4.11. The molecule has 1 aliphatic heterocycles. The Morgan fingerprint density at radius 3 is 1.88 bits per heavy atom. The van der Waals surface area contributed by atoms with Gasteiger partial charge in [-0.2, -0.15) is 8.42 Å². The van der Waals surface area contributed by atoms with Crippen LogP contribution in [-0.4, -0.2) is 175 Å². The smallest absolute Gasteiger partial charge is 0.267 e. The molecule has 6 N–H and O–H groups in total. The third kappa shape index (κ3) is 26.6. The van der Waals surface area contributed by atoms with Crippen molar-refractivity contribution in [3.05, 3.63) is 71.8 Å². The van der Waals surface area contributed by atoms with Crippen molar-refractivity contribution >= 4 is 45.4 Å². The van der Waals surface area contributed by atoms with Crippen molar-refractivity contribution in [2.45, 2.75) is 122 Å². The number of nitrogens with zero attached hydrogens (tertiary/aromatic N) is 1. The highest BCUT2D eigenvalue weighted by molar-refractivity contribution is 7.86. The van der Waals surface area contributed by atoms with Crippen LogP contribution in [0, 0.1) is 11.8 Å². The molecule has 0 spiro atoms. The number of Topliss-reactive ketones (excluding diaryl/α,β-unsaturated/α-hetero) is 1. The lowest BCUT2D eigenvalue weighted by Crippen LogP contribution is -2.60. The summed E-state index contributed by atoms with van der Waals surface area (Å²) in [6.07, 6.45) is 2.13. The molecule has 3 rings (SSSR count). The molecule has 21 heteroatoms. The summed E-state index contributed by atoms with van der Waals surface area (Å²) in [6, 6.07) is 13.7. The van der Waals surface area contributed by atoms with E-state index >= 15 is 0 Å². The fourth-order valence-electron chi connectivity index (χ4n) is 7.98. The highest BCUT2D eigenvalue weighted by Gasteiger charge is 2.40. The summed E-state index contributed by atoms with van der Waals surface area (Å²) >= 11 is 0. The summed E-state index contributed by atoms with van der Waals surface area (Å²) in [6.45, 7) is 12.2. The van der Waals surface area contributed by atoms with Crippen LogP contribution in [0.2, 0.25) is 0 Å². The van der Waals surface area contributed by atoms with Crippen LogP contribution in [-0.2, 0) is 74.9 Å². The summed E-state index contributed by atoms with van der Waals surface area (Å²) in [4.78, 5) is 84.4. The SMILES string of the molecule is COCCOCCOCCNC(=O)CCCCCS(=O)(=O)OC[C@@](C)(O)C(=O)C(CC(C)C)NC(=O)[C@H](Cc1ccccc1)NC(=O)[C@H](CC(C)C)NC(=O)[C@H](CCc1ccccc1)NC(=O)CN1CCOCC1. The first-order valence-corrected chi connectivity index (χ1v) is 27.5. The number of rotatable bonds is 38. The first-order chi connectivity index (χ1) is 35.3. The van der Waals surface area contributed by atoms with Crippen molar-refractivity contribution in [1.82, 2.24) is 31.5 Å². The van der Waals surface area contributed by atoms with Gasteiger partial charge in [-0.15, -0.1) is 0 Å². The zero-order chi connectivity index (χ0) is 54.4. The van der Waals surface area contributed by atoms with E-state index in [2.05, 4.69) is 26.6 Å². The Kier molecular flexibility index (Phi) is 29.7. The summed E-state index contributed by atoms with van der Waals surface area (Å²) in [5, 5.41) is 25.5. The third-order valence-electron chi connectivity index (χ3n) is 12.0. The van der Waals surface area contributed by atoms with Gasteiger partial charge < -0.3 is 50.6 Å². The van der Waals surface area contributed by atoms with Crippen molar-refractivity contribution < 1.29 is 65.4 Å². The number of methoxy groups -OCH3 is 1. The normalized spacial score (nSPS) is 15.6. The largest absolute Gasteiger partial charge is 0.382 e. The van der Waals surface area contributed by atoms with E-state index in [1.807, 2.05) is 62.9 Å². The number of ether oxygens (including phenoxy) is 4. The molecule has 0 aliphatic carbocycles. The van der Waals surface area contributed by atoms with E-state index in [-0.39, 0.29) is 68.7 Å². The molecule has 0 aromatic heterocycles. The first kappa shape index (κ1) is 63.4. The summed E-state index contributed by atoms with van der Waals surface area (Å²) in [5.41, 5.74) is -0.720. The quantitative estimate of drug-likeness (QED) is 0.0416. The van der Waals surface area contributed by atoms with Gasteiger partial charge >= 0.3 is 0 Å². The number of hydrogen-bond donors (Lipinski definition) is 6. The van der Waals surface area contributed by atoms with Crippen LogP contribution in [0.25, 0.3) is 0 Å². The predicted molar refractivity (Wildman–Crippen MR) is 279 cm³/mol. The van der Waals surface area contributed by atoms with Crippen LogP contribution < -0.4 is 26.6 Å². The molecule has 20 nitrogen and oxygen atoms in total. The molecule has 1 heterocycles. The van der Waals surface area contributed by atoms with Gasteiger partial charge in [0.1, 0.15) is 30.3 Å². The number of nitrogens with one attached hydrogen (secondary N) is 5. The highest BCUT2D eigenvalue weighted by atomic mass is 32.2. The van der Waals surface area contributed by atoms with Crippen LogP contribution in [0.3, 0.4) is 0 Å². The number of morpholine rings is 1. The number of carbonyl (C=O) groups is 6. The Balaban J connectivity index is 1.66. The van der Waals surface area contributed by atoms with Gasteiger partial charge in [-0.05, 0) is 68.4 Å². The molecule has 5 amide bonds. The van der Waals surface area contributed by atoms with E-state index in [0.717, 1.165) is 12.5 Å². The maximum Gasteiger partial charge on any atom is 0.267 e. The van der Waals surface area contributed by atoms with Gasteiger partial charge in [-0.1, -0.05) is 94.8 Å². The fourth-order valence-corrected chi connectivity index (χ4v) is 9.06. The number of ketones is 1. The van der Waals surface area contributed by atoms with Crippen LogP contribution in [0.5, 0.6) is 0 Å². The van der Waals surface area contributed by atoms with Gasteiger partial charge in [0.05, 0.1) is 64.6 Å². The van der Waals surface area contributed by atoms with Crippen molar-refractivity contribution in [3.8, 4) is 0 Å². The number of amides is 5. The molecule has 2 aromatic carbocycles. The van der Waals surface area contributed by atoms with Gasteiger partial charge in [0, 0.05) is 39.6 Å². The van der Waals surface area contributed by atoms with Gasteiger partial charge in [0.15, 0.2) is 5.78 Å². The molecule has 5 atom stereocenters. The van der Waals surface area contributed by atoms with Gasteiger partial charge in [0.2, 0.25) is 29.5 Å². The number of aliphatic hydroxyl groups is 1. The van der Waals surface area contributed by atoms with Gasteiger partial charge in [0.25, 0.3) is 10.1 Å². The maximum atomic E-state index is 14.4. The van der Waals surface area contributed by atoms with E-state index in [9.17, 15) is 42.3 Å². The molecule has 74 heavy (non-hydrogen) atoms. The third-order valence-corrected chi connectivity index (χ3v) is 13.3. The van der Waals surface area contributed by atoms with E-state index in [0.29, 0.717) is 90.7 Å². The Hall–Kier alpha value is -4.87. The molecule has 1 saturated heterocycles. The number of aryl methyl sites for hydroxylation is 1. The van der Waals surface area contributed by atoms with E-state index in [4.69, 9.17) is 23.1 Å². The number of carbonyl (C=O) groups excluding carboxylic acids is 6. The molecule has 0 saturated carbocycles. The molecular weight excluding hydrogens is 977 g/mol. The second kappa shape index (κ2) is 34.7. The minimum atomic E-state index is -4.21. The minimum Gasteiger partial charge on any atom is -0.382 e. The molecule has 0 radical (unpaired) electrons. The van der Waals surface area contributed by atoms with E-state index < -0.39 is 75.8 Å². The fraction of sp³-hybridized carbons (Fsp3) is 0.660. The summed E-state index contributed by atoms with van der Waals surface area (Å²) in [7, 11) is -2.62. The molecule has 1 unspecified atom stereocenters. The standard InChI is InChI=1S/C53H84N6O14S/c1-39(2)34-44(49(62)53(5,66)38-73-74(67,68)33-15-9-14-20-47(60)54-23-26-70-31-32-72-30-29-69-6)56-52(65)46(36-42-18-12-8-13-19-42)58-51(64)45(35-40(3)4)57-50(63)43(22-21-41-16-10-7-11-17-41)55-48(61)37-59-24-27-71-28-25-59/h7-8,10-13,16-19,39-40,43-46,66H,9,14-15,20-38H2,1-6H3,(H,54,60)(H,55,61)(H,56,65)(H,57,63)(H,58,64)/t43-,44?,45-,46-,53+/m0/s1. The maximum absolute atomic E-state index is 14.4. The molecule has 416 valence electrons. The summed E-state index contributed by atoms with van der Waals surface area (Å²) < 4.78 is 52.0. The lowest BCUT2D eigenvalue weighted by atomic mass is 9.90. The van der Waals surface area contributed by atoms with Crippen molar-refractivity contribution in [2.75, 3.05) is 91.9 Å². The number of benzene rings is 2. The molecule has 0 bridgehead atoms. The van der Waals surface area contributed by atoms with E-state index in [1.165, 1.54) is 0 Å². The van der Waals surface area contributed by atoms with Crippen molar-refractivity contribution in [3.63, 3.8) is 0 Å². The minimum absolute atomic E-state index is 0.00938. The van der Waals surface area contributed by atoms with Crippen LogP contribution in [0.4, 0.5) is 0 Å². The number of hydrogen-bond acceptors (Lipinski definition) is 15. The highest BCUT2D eigenvalue weighted by Crippen LogP contribution is 2.18. The second-order valence-electron chi connectivity index (χ2n) is 19.7. The Morgan fingerprint density at radius 2 is 1.24 bits per heavy atom. The van der Waals surface area contributed by atoms with Gasteiger partial charge in [-0.3, -0.25) is 37.9 Å². The van der Waals surface area contributed by atoms with Crippen LogP contribution >= 0.6 is 0 Å². The average molecular weight is 1060 g/mol. The zero-order valence-electron chi connectivity index (χ0n) is 44.4. The van der Waals surface area contributed by atoms with Crippen molar-refractivity contribution in [1.29, 1.82) is 0 Å². The molecule has 1 aliphatic rings. The van der Waals surface area contributed by atoms with Crippen LogP contribution in [0.1, 0.15) is 90.7 Å².